The topological polar surface area (TPSA) is 63.6 Å². The molecular formula is C14H11F3O4S. The van der Waals surface area contributed by atoms with Gasteiger partial charge in [-0.3, -0.25) is 0 Å². The van der Waals surface area contributed by atoms with Gasteiger partial charge in [0.05, 0.1) is 4.90 Å². The molecule has 2 rings (SSSR count). The Morgan fingerprint density at radius 2 is 1.77 bits per heavy atom. The molecule has 0 aliphatic heterocycles. The molecule has 0 saturated carbocycles. The lowest BCUT2D eigenvalue weighted by Crippen LogP contribution is -2.17. The minimum Gasteiger partial charge on any atom is -0.508 e. The fourth-order valence-electron chi connectivity index (χ4n) is 1.85. The van der Waals surface area contributed by atoms with Crippen LogP contribution < -0.4 is 4.74 Å². The van der Waals surface area contributed by atoms with Gasteiger partial charge < -0.3 is 9.84 Å². The highest BCUT2D eigenvalue weighted by atomic mass is 32.2. The second-order valence-electron chi connectivity index (χ2n) is 4.53. The number of ether oxygens (including phenoxy) is 1. The predicted molar refractivity (Wildman–Crippen MR) is 73.3 cm³/mol. The third kappa shape index (κ3) is 3.91. The molecule has 0 bridgehead atoms. The Morgan fingerprint density at radius 1 is 1.09 bits per heavy atom. The predicted octanol–water partition coefficient (Wildman–Crippen LogP) is 3.36. The molecule has 2 aromatic rings. The number of aromatic hydroxyl groups is 1. The van der Waals surface area contributed by atoms with Crippen LogP contribution in [0.5, 0.6) is 11.5 Å². The van der Waals surface area contributed by atoms with Crippen molar-refractivity contribution in [1.82, 2.24) is 0 Å². The molecule has 0 radical (unpaired) electrons. The van der Waals surface area contributed by atoms with Crippen LogP contribution in [0.4, 0.5) is 13.2 Å². The first kappa shape index (κ1) is 16.2. The summed E-state index contributed by atoms with van der Waals surface area (Å²) in [6.07, 6.45) is -3.94. The zero-order valence-corrected chi connectivity index (χ0v) is 12.1. The quantitative estimate of drug-likeness (QED) is 0.936. The number of halogens is 3. The third-order valence-corrected chi connectivity index (χ3v) is 3.87. The largest absolute Gasteiger partial charge is 0.573 e. The Balaban J connectivity index is 2.58. The van der Waals surface area contributed by atoms with Gasteiger partial charge in [-0.1, -0.05) is 12.1 Å². The van der Waals surface area contributed by atoms with Crippen LogP contribution in [0.15, 0.2) is 47.4 Å². The smallest absolute Gasteiger partial charge is 0.508 e. The van der Waals surface area contributed by atoms with Gasteiger partial charge in [-0.15, -0.1) is 13.2 Å². The number of sulfone groups is 1. The fraction of sp³-hybridized carbons (Fsp3) is 0.143. The summed E-state index contributed by atoms with van der Waals surface area (Å²) in [5, 5.41) is 9.32. The summed E-state index contributed by atoms with van der Waals surface area (Å²) in [4.78, 5) is -0.0315. The molecule has 0 fully saturated rings. The van der Waals surface area contributed by atoms with E-state index < -0.39 is 27.7 Å². The van der Waals surface area contributed by atoms with Crippen molar-refractivity contribution in [2.24, 2.45) is 0 Å². The Bertz CT molecular complexity index is 798. The van der Waals surface area contributed by atoms with Crippen LogP contribution in [0, 0.1) is 0 Å². The van der Waals surface area contributed by atoms with Crippen LogP contribution in [0.25, 0.3) is 11.1 Å². The lowest BCUT2D eigenvalue weighted by molar-refractivity contribution is -0.274. The number of rotatable bonds is 3. The molecule has 0 atom stereocenters. The zero-order valence-electron chi connectivity index (χ0n) is 11.3. The highest BCUT2D eigenvalue weighted by molar-refractivity contribution is 7.90. The van der Waals surface area contributed by atoms with Crippen molar-refractivity contribution in [3.63, 3.8) is 0 Å². The van der Waals surface area contributed by atoms with Crippen molar-refractivity contribution in [3.05, 3.63) is 42.5 Å². The number of hydrogen-bond acceptors (Lipinski definition) is 4. The second kappa shape index (κ2) is 5.53. The highest BCUT2D eigenvalue weighted by Crippen LogP contribution is 2.36. The van der Waals surface area contributed by atoms with Crippen LogP contribution in [-0.4, -0.2) is 26.1 Å². The minimum absolute atomic E-state index is 0.0145. The van der Waals surface area contributed by atoms with Crippen molar-refractivity contribution in [3.8, 4) is 22.6 Å². The highest BCUT2D eigenvalue weighted by Gasteiger charge is 2.32. The number of benzene rings is 2. The van der Waals surface area contributed by atoms with Crippen molar-refractivity contribution in [1.29, 1.82) is 0 Å². The van der Waals surface area contributed by atoms with Crippen molar-refractivity contribution < 1.29 is 31.4 Å². The van der Waals surface area contributed by atoms with Gasteiger partial charge in [-0.05, 0) is 29.8 Å². The standard InChI is InChI=1S/C14H11F3O4S/c1-22(19,20)11-4-2-3-9(7-11)12-6-5-10(18)8-13(12)21-14(15,16)17/h2-8,18H,1H3. The summed E-state index contributed by atoms with van der Waals surface area (Å²) in [5.74, 6) is -1.01. The first-order valence-electron chi connectivity index (χ1n) is 5.95. The van der Waals surface area contributed by atoms with E-state index in [1.54, 1.807) is 0 Å². The first-order valence-corrected chi connectivity index (χ1v) is 7.85. The van der Waals surface area contributed by atoms with E-state index in [-0.39, 0.29) is 16.0 Å². The summed E-state index contributed by atoms with van der Waals surface area (Å²) in [6.45, 7) is 0. The third-order valence-electron chi connectivity index (χ3n) is 2.76. The lowest BCUT2D eigenvalue weighted by atomic mass is 10.0. The number of hydrogen-bond donors (Lipinski definition) is 1. The maximum Gasteiger partial charge on any atom is 0.573 e. The van der Waals surface area contributed by atoms with Gasteiger partial charge in [0, 0.05) is 17.9 Å². The minimum atomic E-state index is -4.93. The summed E-state index contributed by atoms with van der Waals surface area (Å²) < 4.78 is 64.3. The number of phenols is 1. The molecule has 0 unspecified atom stereocenters. The van der Waals surface area contributed by atoms with Crippen molar-refractivity contribution in [2.45, 2.75) is 11.3 Å². The summed E-state index contributed by atoms with van der Waals surface area (Å²) in [6, 6.07) is 8.66. The summed E-state index contributed by atoms with van der Waals surface area (Å²) in [7, 11) is -3.50. The Kier molecular flexibility index (Phi) is 4.06. The Morgan fingerprint density at radius 3 is 2.36 bits per heavy atom. The van der Waals surface area contributed by atoms with E-state index in [9.17, 15) is 26.7 Å². The number of alkyl halides is 3. The molecule has 0 saturated heterocycles. The Labute approximate surface area is 124 Å². The van der Waals surface area contributed by atoms with Crippen LogP contribution >= 0.6 is 0 Å². The summed E-state index contributed by atoms with van der Waals surface area (Å²) >= 11 is 0. The van der Waals surface area contributed by atoms with Crippen LogP contribution in [0.1, 0.15) is 0 Å². The van der Waals surface area contributed by atoms with E-state index in [4.69, 9.17) is 0 Å². The van der Waals surface area contributed by atoms with Gasteiger partial charge in [0.1, 0.15) is 11.5 Å². The molecule has 0 aliphatic carbocycles. The van der Waals surface area contributed by atoms with E-state index in [2.05, 4.69) is 4.74 Å². The normalized spacial score (nSPS) is 12.2. The average Bonchev–Trinajstić information content (AvgIpc) is 2.36. The fourth-order valence-corrected chi connectivity index (χ4v) is 2.52. The number of phenolic OH excluding ortho intramolecular Hbond substituents is 1. The molecule has 0 heterocycles. The molecule has 22 heavy (non-hydrogen) atoms. The SMILES string of the molecule is CS(=O)(=O)c1cccc(-c2ccc(O)cc2OC(F)(F)F)c1. The molecule has 0 amide bonds. The van der Waals surface area contributed by atoms with Gasteiger partial charge in [0.15, 0.2) is 9.84 Å². The maximum absolute atomic E-state index is 12.4. The average molecular weight is 332 g/mol. The van der Waals surface area contributed by atoms with E-state index in [1.807, 2.05) is 0 Å². The monoisotopic (exact) mass is 332 g/mol. The van der Waals surface area contributed by atoms with E-state index in [1.165, 1.54) is 36.4 Å². The zero-order chi connectivity index (χ0) is 16.5. The van der Waals surface area contributed by atoms with E-state index in [0.29, 0.717) is 0 Å². The first-order chi connectivity index (χ1) is 10.1. The second-order valence-corrected chi connectivity index (χ2v) is 6.54. The van der Waals surface area contributed by atoms with Gasteiger partial charge in [0.25, 0.3) is 0 Å². The van der Waals surface area contributed by atoms with Crippen LogP contribution in [0.3, 0.4) is 0 Å². The van der Waals surface area contributed by atoms with Gasteiger partial charge in [-0.25, -0.2) is 8.42 Å². The molecule has 2 aromatic carbocycles. The molecule has 118 valence electrons. The Hall–Kier alpha value is -2.22. The molecule has 8 heteroatoms. The van der Waals surface area contributed by atoms with E-state index in [0.717, 1.165) is 12.3 Å². The molecule has 0 spiro atoms. The summed E-state index contributed by atoms with van der Waals surface area (Å²) in [5.41, 5.74) is 0.239. The molecule has 1 N–H and O–H groups in total. The molecular weight excluding hydrogens is 321 g/mol. The van der Waals surface area contributed by atoms with Crippen molar-refractivity contribution >= 4 is 9.84 Å². The molecule has 0 aliphatic rings. The molecule has 0 aromatic heterocycles. The van der Waals surface area contributed by atoms with Gasteiger partial charge in [0.2, 0.25) is 0 Å². The van der Waals surface area contributed by atoms with E-state index >= 15 is 0 Å². The maximum atomic E-state index is 12.4. The van der Waals surface area contributed by atoms with Crippen LogP contribution in [0.2, 0.25) is 0 Å². The lowest BCUT2D eigenvalue weighted by Gasteiger charge is -2.14. The van der Waals surface area contributed by atoms with Gasteiger partial charge >= 0.3 is 6.36 Å². The van der Waals surface area contributed by atoms with Crippen molar-refractivity contribution in [2.75, 3.05) is 6.26 Å². The molecule has 4 nitrogen and oxygen atoms in total. The van der Waals surface area contributed by atoms with Crippen LogP contribution in [-0.2, 0) is 9.84 Å². The van der Waals surface area contributed by atoms with Gasteiger partial charge in [-0.2, -0.15) is 0 Å².